The average molecular weight is 448 g/mol. The molecule has 0 aromatic carbocycles. The molecule has 9 nitrogen and oxygen atoms in total. The first kappa shape index (κ1) is 20.6. The van der Waals surface area contributed by atoms with Crippen LogP contribution in [-0.2, 0) is 21.2 Å². The van der Waals surface area contributed by atoms with Crippen LogP contribution in [0.25, 0.3) is 10.2 Å². The lowest BCUT2D eigenvalue weighted by Gasteiger charge is -2.30. The van der Waals surface area contributed by atoms with Crippen molar-refractivity contribution in [3.05, 3.63) is 52.2 Å². The highest BCUT2D eigenvalue weighted by atomic mass is 32.2. The summed E-state index contributed by atoms with van der Waals surface area (Å²) in [7, 11) is -3.63. The number of amides is 1. The Bertz CT molecular complexity index is 1230. The topological polar surface area (TPSA) is 114 Å². The van der Waals surface area contributed by atoms with Crippen LogP contribution in [0.3, 0.4) is 0 Å². The van der Waals surface area contributed by atoms with Crippen LogP contribution in [0.5, 0.6) is 0 Å². The average Bonchev–Trinajstić information content (AvgIpc) is 3.21. The van der Waals surface area contributed by atoms with E-state index in [1.54, 1.807) is 12.1 Å². The number of nitrogens with one attached hydrogen (secondary N) is 1. The van der Waals surface area contributed by atoms with Crippen molar-refractivity contribution in [2.45, 2.75) is 31.1 Å². The monoisotopic (exact) mass is 447 g/mol. The Morgan fingerprint density at radius 1 is 1.33 bits per heavy atom. The third-order valence-electron chi connectivity index (χ3n) is 5.18. The summed E-state index contributed by atoms with van der Waals surface area (Å²) in [6.45, 7) is 2.46. The van der Waals surface area contributed by atoms with Crippen molar-refractivity contribution in [2.24, 2.45) is 5.92 Å². The van der Waals surface area contributed by atoms with Gasteiger partial charge in [-0.2, -0.15) is 4.31 Å². The maximum absolute atomic E-state index is 12.7. The molecule has 0 aliphatic carbocycles. The molecule has 0 unspecified atom stereocenters. The number of piperidine rings is 1. The minimum absolute atomic E-state index is 0.140. The summed E-state index contributed by atoms with van der Waals surface area (Å²) in [4.78, 5) is 35.3. The summed E-state index contributed by atoms with van der Waals surface area (Å²) >= 11 is 1.46. The second kappa shape index (κ2) is 8.25. The second-order valence-corrected chi connectivity index (χ2v) is 10.1. The standard InChI is InChI=1S/C19H21N5O4S2/c1-2-14-10-16-18(29-14)21-12-24(19(16)26)22-17(25)13-5-8-23(9-6-13)30(27,28)15-4-3-7-20-11-15/h3-4,7,10-13H,2,5-6,8-9H2,1H3,(H,22,25). The number of pyridine rings is 1. The number of hydrogen-bond donors (Lipinski definition) is 1. The van der Waals surface area contributed by atoms with Gasteiger partial charge in [0, 0.05) is 36.3 Å². The van der Waals surface area contributed by atoms with Crippen LogP contribution in [0.1, 0.15) is 24.6 Å². The number of carbonyl (C=O) groups is 1. The minimum Gasteiger partial charge on any atom is -0.273 e. The van der Waals surface area contributed by atoms with E-state index in [2.05, 4.69) is 15.4 Å². The number of rotatable bonds is 5. The van der Waals surface area contributed by atoms with Crippen molar-refractivity contribution in [1.29, 1.82) is 0 Å². The number of aryl methyl sites for hydroxylation is 1. The van der Waals surface area contributed by atoms with Crippen molar-refractivity contribution in [3.8, 4) is 0 Å². The number of fused-ring (bicyclic) bond motifs is 1. The summed E-state index contributed by atoms with van der Waals surface area (Å²) in [5, 5.41) is 0.483. The molecule has 1 aliphatic heterocycles. The lowest BCUT2D eigenvalue weighted by Crippen LogP contribution is -2.43. The van der Waals surface area contributed by atoms with E-state index in [1.165, 1.54) is 40.4 Å². The van der Waals surface area contributed by atoms with E-state index in [0.29, 0.717) is 23.1 Å². The predicted octanol–water partition coefficient (Wildman–Crippen LogP) is 1.59. The van der Waals surface area contributed by atoms with Gasteiger partial charge < -0.3 is 0 Å². The number of sulfonamides is 1. The third-order valence-corrected chi connectivity index (χ3v) is 8.25. The zero-order valence-corrected chi connectivity index (χ0v) is 17.9. The van der Waals surface area contributed by atoms with Gasteiger partial charge in [0.1, 0.15) is 16.1 Å². The lowest BCUT2D eigenvalue weighted by atomic mass is 9.98. The summed E-state index contributed by atoms with van der Waals surface area (Å²) in [6, 6.07) is 4.89. The molecule has 1 amide bonds. The highest BCUT2D eigenvalue weighted by Gasteiger charge is 2.32. The normalized spacial score (nSPS) is 16.0. The zero-order chi connectivity index (χ0) is 21.3. The summed E-state index contributed by atoms with van der Waals surface area (Å²) in [5.41, 5.74) is 2.30. The molecule has 3 aromatic rings. The van der Waals surface area contributed by atoms with Gasteiger partial charge in [0.05, 0.1) is 5.39 Å². The molecule has 1 fully saturated rings. The van der Waals surface area contributed by atoms with Gasteiger partial charge in [-0.05, 0) is 37.5 Å². The van der Waals surface area contributed by atoms with Crippen LogP contribution < -0.4 is 11.0 Å². The predicted molar refractivity (Wildman–Crippen MR) is 113 cm³/mol. The van der Waals surface area contributed by atoms with E-state index >= 15 is 0 Å². The number of nitrogens with zero attached hydrogens (tertiary/aromatic N) is 4. The fraction of sp³-hybridized carbons (Fsp3) is 0.368. The fourth-order valence-corrected chi connectivity index (χ4v) is 5.80. The zero-order valence-electron chi connectivity index (χ0n) is 16.3. The van der Waals surface area contributed by atoms with Gasteiger partial charge in [0.15, 0.2) is 0 Å². The molecule has 158 valence electrons. The first-order valence-electron chi connectivity index (χ1n) is 9.61. The lowest BCUT2D eigenvalue weighted by molar-refractivity contribution is -0.121. The summed E-state index contributed by atoms with van der Waals surface area (Å²) in [6.07, 6.45) is 5.71. The van der Waals surface area contributed by atoms with Gasteiger partial charge in [-0.25, -0.2) is 18.1 Å². The first-order chi connectivity index (χ1) is 14.4. The quantitative estimate of drug-likeness (QED) is 0.635. The molecule has 30 heavy (non-hydrogen) atoms. The summed E-state index contributed by atoms with van der Waals surface area (Å²) in [5.74, 6) is -0.704. The molecule has 0 spiro atoms. The Morgan fingerprint density at radius 3 is 2.77 bits per heavy atom. The Hall–Kier alpha value is -2.63. The number of thiophene rings is 1. The van der Waals surface area contributed by atoms with E-state index in [9.17, 15) is 18.0 Å². The molecule has 0 bridgehead atoms. The van der Waals surface area contributed by atoms with Gasteiger partial charge in [-0.1, -0.05) is 6.92 Å². The minimum atomic E-state index is -3.63. The van der Waals surface area contributed by atoms with Crippen LogP contribution in [0.2, 0.25) is 0 Å². The Morgan fingerprint density at radius 2 is 2.10 bits per heavy atom. The van der Waals surface area contributed by atoms with Crippen LogP contribution in [0, 0.1) is 5.92 Å². The van der Waals surface area contributed by atoms with Crippen LogP contribution >= 0.6 is 11.3 Å². The molecular weight excluding hydrogens is 426 g/mol. The molecule has 3 aromatic heterocycles. The van der Waals surface area contributed by atoms with Gasteiger partial charge in [0.25, 0.3) is 5.56 Å². The fourth-order valence-electron chi connectivity index (χ4n) is 3.44. The Kier molecular flexibility index (Phi) is 5.67. The molecule has 0 atom stereocenters. The number of carbonyl (C=O) groups excluding carboxylic acids is 1. The van der Waals surface area contributed by atoms with Crippen molar-refractivity contribution < 1.29 is 13.2 Å². The molecule has 4 rings (SSSR count). The van der Waals surface area contributed by atoms with Gasteiger partial charge in [-0.15, -0.1) is 11.3 Å². The summed E-state index contributed by atoms with van der Waals surface area (Å²) < 4.78 is 27.8. The smallest absolute Gasteiger partial charge is 0.273 e. The maximum Gasteiger partial charge on any atom is 0.280 e. The van der Waals surface area contributed by atoms with E-state index in [4.69, 9.17) is 0 Å². The van der Waals surface area contributed by atoms with E-state index in [-0.39, 0.29) is 35.4 Å². The molecule has 4 heterocycles. The van der Waals surface area contributed by atoms with E-state index < -0.39 is 10.0 Å². The molecule has 1 saturated heterocycles. The van der Waals surface area contributed by atoms with Gasteiger partial charge in [0.2, 0.25) is 15.9 Å². The van der Waals surface area contributed by atoms with Crippen molar-refractivity contribution in [3.63, 3.8) is 0 Å². The van der Waals surface area contributed by atoms with Crippen LogP contribution in [0.4, 0.5) is 0 Å². The van der Waals surface area contributed by atoms with Crippen molar-refractivity contribution >= 4 is 37.5 Å². The number of aromatic nitrogens is 3. The van der Waals surface area contributed by atoms with Gasteiger partial charge >= 0.3 is 0 Å². The van der Waals surface area contributed by atoms with Crippen LogP contribution in [-0.4, -0.2) is 46.4 Å². The van der Waals surface area contributed by atoms with Crippen molar-refractivity contribution in [1.82, 2.24) is 18.9 Å². The molecule has 1 aliphatic rings. The molecular formula is C19H21N5O4S2. The van der Waals surface area contributed by atoms with E-state index in [1.807, 2.05) is 6.92 Å². The van der Waals surface area contributed by atoms with E-state index in [0.717, 1.165) is 16.0 Å². The molecule has 0 saturated carbocycles. The maximum atomic E-state index is 12.7. The highest BCUT2D eigenvalue weighted by Crippen LogP contribution is 2.24. The second-order valence-electron chi connectivity index (χ2n) is 7.05. The molecule has 11 heteroatoms. The Balaban J connectivity index is 1.43. The third kappa shape index (κ3) is 3.87. The molecule has 1 N–H and O–H groups in total. The molecule has 0 radical (unpaired) electrons. The SMILES string of the molecule is CCc1cc2c(=O)n(NC(=O)C3CCN(S(=O)(=O)c4cccnc4)CC3)cnc2s1. The van der Waals surface area contributed by atoms with Crippen LogP contribution in [0.15, 0.2) is 46.6 Å². The van der Waals surface area contributed by atoms with Gasteiger partial charge in [-0.3, -0.25) is 20.0 Å². The largest absolute Gasteiger partial charge is 0.280 e. The first-order valence-corrected chi connectivity index (χ1v) is 11.9. The number of hydrogen-bond acceptors (Lipinski definition) is 7. The highest BCUT2D eigenvalue weighted by molar-refractivity contribution is 7.89. The Labute approximate surface area is 177 Å². The van der Waals surface area contributed by atoms with Crippen molar-refractivity contribution in [2.75, 3.05) is 18.5 Å².